The molecule has 1 aromatic rings. The number of aliphatic carboxylic acids is 1. The molecule has 0 aliphatic carbocycles. The van der Waals surface area contributed by atoms with Crippen LogP contribution < -0.4 is 5.32 Å². The lowest BCUT2D eigenvalue weighted by Gasteiger charge is -2.27. The second kappa shape index (κ2) is 7.93. The lowest BCUT2D eigenvalue weighted by Crippen LogP contribution is -2.46. The number of hydrogen-bond acceptors (Lipinski definition) is 3. The number of nitrogens with zero attached hydrogens (tertiary/aromatic N) is 1. The summed E-state index contributed by atoms with van der Waals surface area (Å²) in [6.07, 6.45) is 0. The number of carbonyl (C=O) groups is 3. The number of rotatable bonds is 6. The molecule has 1 aromatic carbocycles. The third-order valence-electron chi connectivity index (χ3n) is 3.23. The van der Waals surface area contributed by atoms with Crippen LogP contribution in [0.25, 0.3) is 0 Å². The maximum Gasteiger partial charge on any atom is 0.326 e. The van der Waals surface area contributed by atoms with Gasteiger partial charge in [-0.05, 0) is 31.5 Å². The molecule has 1 atom stereocenters. The Morgan fingerprint density at radius 1 is 1.36 bits per heavy atom. The fraction of sp³-hybridized carbons (Fsp3) is 0.400. The average molecular weight is 371 g/mol. The van der Waals surface area contributed by atoms with E-state index < -0.39 is 12.0 Å². The van der Waals surface area contributed by atoms with Crippen molar-refractivity contribution < 1.29 is 19.5 Å². The molecule has 1 unspecified atom stereocenters. The molecular formula is C15H19BrN2O4. The van der Waals surface area contributed by atoms with Crippen LogP contribution in [0.4, 0.5) is 0 Å². The van der Waals surface area contributed by atoms with E-state index in [1.807, 2.05) is 6.92 Å². The lowest BCUT2D eigenvalue weighted by molar-refractivity contribution is -0.141. The standard InChI is InChI=1S/C15H19BrN2O4/c1-9-4-5-12(8-13(9)16)14(20)18(10(2)15(21)22)7-6-17-11(3)19/h4-5,8,10H,6-7H2,1-3H3,(H,17,19)(H,21,22). The first kappa shape index (κ1) is 18.2. The van der Waals surface area contributed by atoms with Gasteiger partial charge < -0.3 is 15.3 Å². The van der Waals surface area contributed by atoms with E-state index in [1.165, 1.54) is 18.7 Å². The van der Waals surface area contributed by atoms with Gasteiger partial charge >= 0.3 is 5.97 Å². The molecule has 0 saturated heterocycles. The highest BCUT2D eigenvalue weighted by Gasteiger charge is 2.26. The molecule has 120 valence electrons. The molecule has 2 amide bonds. The molecule has 0 aliphatic rings. The van der Waals surface area contributed by atoms with E-state index in [9.17, 15) is 14.4 Å². The third kappa shape index (κ3) is 4.84. The summed E-state index contributed by atoms with van der Waals surface area (Å²) >= 11 is 3.36. The van der Waals surface area contributed by atoms with Crippen molar-refractivity contribution in [2.75, 3.05) is 13.1 Å². The Morgan fingerprint density at radius 2 is 2.00 bits per heavy atom. The van der Waals surface area contributed by atoms with Crippen LogP contribution in [0.5, 0.6) is 0 Å². The second-order valence-electron chi connectivity index (χ2n) is 4.96. The van der Waals surface area contributed by atoms with Crippen molar-refractivity contribution in [1.82, 2.24) is 10.2 Å². The lowest BCUT2D eigenvalue weighted by atomic mass is 10.1. The number of hydrogen-bond donors (Lipinski definition) is 2. The summed E-state index contributed by atoms with van der Waals surface area (Å²) in [5.74, 6) is -1.71. The van der Waals surface area contributed by atoms with Crippen LogP contribution in [0.1, 0.15) is 29.8 Å². The quantitative estimate of drug-likeness (QED) is 0.799. The van der Waals surface area contributed by atoms with Gasteiger partial charge in [0, 0.05) is 30.0 Å². The van der Waals surface area contributed by atoms with Crippen molar-refractivity contribution in [1.29, 1.82) is 0 Å². The molecule has 0 heterocycles. The van der Waals surface area contributed by atoms with Gasteiger partial charge in [0.15, 0.2) is 0 Å². The first-order chi connectivity index (χ1) is 10.2. The summed E-state index contributed by atoms with van der Waals surface area (Å²) in [6.45, 7) is 5.02. The van der Waals surface area contributed by atoms with E-state index in [0.717, 1.165) is 10.0 Å². The fourth-order valence-electron chi connectivity index (χ4n) is 1.85. The van der Waals surface area contributed by atoms with Gasteiger partial charge in [-0.25, -0.2) is 4.79 Å². The number of amides is 2. The van der Waals surface area contributed by atoms with Gasteiger partial charge in [-0.2, -0.15) is 0 Å². The van der Waals surface area contributed by atoms with Crippen molar-refractivity contribution in [3.63, 3.8) is 0 Å². The highest BCUT2D eigenvalue weighted by molar-refractivity contribution is 9.10. The first-order valence-electron chi connectivity index (χ1n) is 6.78. The maximum atomic E-state index is 12.6. The van der Waals surface area contributed by atoms with Crippen molar-refractivity contribution in [2.45, 2.75) is 26.8 Å². The maximum absolute atomic E-state index is 12.6. The van der Waals surface area contributed by atoms with Crippen molar-refractivity contribution in [2.24, 2.45) is 0 Å². The van der Waals surface area contributed by atoms with Gasteiger partial charge in [0.1, 0.15) is 6.04 Å². The molecule has 22 heavy (non-hydrogen) atoms. The minimum absolute atomic E-state index is 0.122. The molecule has 0 spiro atoms. The smallest absolute Gasteiger partial charge is 0.326 e. The molecule has 6 nitrogen and oxygen atoms in total. The molecule has 0 bridgehead atoms. The number of benzene rings is 1. The number of carbonyl (C=O) groups excluding carboxylic acids is 2. The zero-order valence-electron chi connectivity index (χ0n) is 12.7. The van der Waals surface area contributed by atoms with Crippen LogP contribution in [-0.4, -0.2) is 46.9 Å². The molecule has 0 radical (unpaired) electrons. The molecule has 0 fully saturated rings. The molecule has 7 heteroatoms. The number of carboxylic acid groups (broad SMARTS) is 1. The normalized spacial score (nSPS) is 11.6. The zero-order chi connectivity index (χ0) is 16.9. The van der Waals surface area contributed by atoms with Crippen LogP contribution in [0.15, 0.2) is 22.7 Å². The summed E-state index contributed by atoms with van der Waals surface area (Å²) < 4.78 is 0.781. The van der Waals surface area contributed by atoms with Gasteiger partial charge in [-0.15, -0.1) is 0 Å². The number of aryl methyl sites for hydroxylation is 1. The summed E-state index contributed by atoms with van der Waals surface area (Å²) in [5.41, 5.74) is 1.38. The van der Waals surface area contributed by atoms with Gasteiger partial charge in [-0.3, -0.25) is 9.59 Å². The Hall–Kier alpha value is -1.89. The molecule has 2 N–H and O–H groups in total. The fourth-order valence-corrected chi connectivity index (χ4v) is 2.23. The van der Waals surface area contributed by atoms with Gasteiger partial charge in [0.25, 0.3) is 5.91 Å². The van der Waals surface area contributed by atoms with Crippen molar-refractivity contribution in [3.8, 4) is 0 Å². The number of nitrogens with one attached hydrogen (secondary N) is 1. The van der Waals surface area contributed by atoms with Crippen LogP contribution in [-0.2, 0) is 9.59 Å². The number of carboxylic acids is 1. The minimum Gasteiger partial charge on any atom is -0.480 e. The Balaban J connectivity index is 2.97. The van der Waals surface area contributed by atoms with E-state index >= 15 is 0 Å². The predicted octanol–water partition coefficient (Wildman–Crippen LogP) is 1.81. The highest BCUT2D eigenvalue weighted by Crippen LogP contribution is 2.19. The molecule has 0 aromatic heterocycles. The van der Waals surface area contributed by atoms with Crippen LogP contribution in [0.2, 0.25) is 0 Å². The van der Waals surface area contributed by atoms with E-state index in [-0.39, 0.29) is 24.9 Å². The zero-order valence-corrected chi connectivity index (χ0v) is 14.3. The van der Waals surface area contributed by atoms with Crippen molar-refractivity contribution in [3.05, 3.63) is 33.8 Å². The summed E-state index contributed by atoms with van der Waals surface area (Å²) in [6, 6.07) is 4.12. The average Bonchev–Trinajstić information content (AvgIpc) is 2.44. The Kier molecular flexibility index (Phi) is 6.55. The largest absolute Gasteiger partial charge is 0.480 e. The second-order valence-corrected chi connectivity index (χ2v) is 5.81. The summed E-state index contributed by atoms with van der Waals surface area (Å²) in [4.78, 5) is 35.9. The van der Waals surface area contributed by atoms with E-state index in [0.29, 0.717) is 5.56 Å². The summed E-state index contributed by atoms with van der Waals surface area (Å²) in [5, 5.41) is 11.7. The van der Waals surface area contributed by atoms with E-state index in [1.54, 1.807) is 18.2 Å². The minimum atomic E-state index is -1.10. The number of halogens is 1. The Bertz CT molecular complexity index is 589. The topological polar surface area (TPSA) is 86.7 Å². The Labute approximate surface area is 137 Å². The van der Waals surface area contributed by atoms with Crippen molar-refractivity contribution >= 4 is 33.7 Å². The van der Waals surface area contributed by atoms with Gasteiger partial charge in [-0.1, -0.05) is 22.0 Å². The first-order valence-corrected chi connectivity index (χ1v) is 7.57. The predicted molar refractivity (Wildman–Crippen MR) is 85.7 cm³/mol. The molecule has 0 aliphatic heterocycles. The highest BCUT2D eigenvalue weighted by atomic mass is 79.9. The SMILES string of the molecule is CC(=O)NCCN(C(=O)c1ccc(C)c(Br)c1)C(C)C(=O)O. The van der Waals surface area contributed by atoms with Gasteiger partial charge in [0.2, 0.25) is 5.91 Å². The van der Waals surface area contributed by atoms with Crippen LogP contribution in [0, 0.1) is 6.92 Å². The molecule has 0 saturated carbocycles. The Morgan fingerprint density at radius 3 is 2.50 bits per heavy atom. The molecular weight excluding hydrogens is 352 g/mol. The third-order valence-corrected chi connectivity index (χ3v) is 4.09. The summed E-state index contributed by atoms with van der Waals surface area (Å²) in [7, 11) is 0. The monoisotopic (exact) mass is 370 g/mol. The van der Waals surface area contributed by atoms with Crippen LogP contribution in [0.3, 0.4) is 0 Å². The van der Waals surface area contributed by atoms with E-state index in [2.05, 4.69) is 21.2 Å². The van der Waals surface area contributed by atoms with Crippen LogP contribution >= 0.6 is 15.9 Å². The molecule has 1 rings (SSSR count). The van der Waals surface area contributed by atoms with Gasteiger partial charge in [0.05, 0.1) is 0 Å². The van der Waals surface area contributed by atoms with E-state index in [4.69, 9.17) is 5.11 Å².